The van der Waals surface area contributed by atoms with Crippen LogP contribution in [0.2, 0.25) is 0 Å². The largest absolute Gasteiger partial charge is 0.450 e. The minimum absolute atomic E-state index is 0.122. The van der Waals surface area contributed by atoms with Gasteiger partial charge >= 0.3 is 0 Å². The first-order valence-electron chi connectivity index (χ1n) is 9.59. The van der Waals surface area contributed by atoms with Crippen molar-refractivity contribution in [2.45, 2.75) is 18.9 Å². The molecule has 3 aliphatic heterocycles. The Kier molecular flexibility index (Phi) is 3.90. The molecule has 0 radical (unpaired) electrons. The lowest BCUT2D eigenvalue weighted by molar-refractivity contribution is 0.0607. The number of piperidine rings is 3. The fourth-order valence-corrected chi connectivity index (χ4v) is 4.48. The van der Waals surface area contributed by atoms with Gasteiger partial charge in [-0.15, -0.1) is 0 Å². The Morgan fingerprint density at radius 2 is 1.93 bits per heavy atom. The number of carbonyl (C=O) groups excluding carboxylic acids is 1. The van der Waals surface area contributed by atoms with Gasteiger partial charge in [-0.05, 0) is 55.6 Å². The quantitative estimate of drug-likeness (QED) is 0.701. The normalized spacial score (nSPS) is 24.2. The minimum atomic E-state index is -0.122. The molecule has 5 heteroatoms. The molecule has 138 valence electrons. The summed E-state index contributed by atoms with van der Waals surface area (Å²) in [6, 6.07) is 15.7. The lowest BCUT2D eigenvalue weighted by Gasteiger charge is -2.44. The predicted molar refractivity (Wildman–Crippen MR) is 106 cm³/mol. The average molecular weight is 361 g/mol. The van der Waals surface area contributed by atoms with Crippen molar-refractivity contribution >= 4 is 22.6 Å². The number of nitrogen functional groups attached to an aromatic ring is 1. The van der Waals surface area contributed by atoms with E-state index >= 15 is 0 Å². The third kappa shape index (κ3) is 2.98. The fraction of sp³-hybridized carbons (Fsp3) is 0.318. The van der Waals surface area contributed by atoms with Crippen LogP contribution >= 0.6 is 0 Å². The van der Waals surface area contributed by atoms with Gasteiger partial charge in [-0.3, -0.25) is 4.79 Å². The molecule has 4 heterocycles. The molecule has 2 aromatic carbocycles. The van der Waals surface area contributed by atoms with Gasteiger partial charge in [0.15, 0.2) is 5.76 Å². The van der Waals surface area contributed by atoms with E-state index in [1.165, 1.54) is 12.8 Å². The topological polar surface area (TPSA) is 71.5 Å². The first kappa shape index (κ1) is 16.4. The van der Waals surface area contributed by atoms with Crippen LogP contribution in [0.4, 0.5) is 5.69 Å². The van der Waals surface area contributed by atoms with Gasteiger partial charge in [0, 0.05) is 29.2 Å². The molecule has 1 unspecified atom stereocenters. The number of nitrogens with one attached hydrogen (secondary N) is 1. The second kappa shape index (κ2) is 6.43. The Morgan fingerprint density at radius 3 is 2.67 bits per heavy atom. The van der Waals surface area contributed by atoms with E-state index in [1.807, 2.05) is 48.5 Å². The first-order chi connectivity index (χ1) is 13.2. The van der Waals surface area contributed by atoms with Crippen LogP contribution in [0.1, 0.15) is 23.4 Å². The summed E-state index contributed by atoms with van der Waals surface area (Å²) in [4.78, 5) is 15.2. The van der Waals surface area contributed by atoms with E-state index in [9.17, 15) is 4.79 Å². The number of hydrogen-bond donors (Lipinski definition) is 2. The Labute approximate surface area is 158 Å². The molecule has 3 saturated heterocycles. The maximum Gasteiger partial charge on any atom is 0.287 e. The molecule has 3 aliphatic rings. The summed E-state index contributed by atoms with van der Waals surface area (Å²) < 4.78 is 6.01. The zero-order valence-electron chi connectivity index (χ0n) is 15.2. The van der Waals surface area contributed by atoms with Gasteiger partial charge in [0.1, 0.15) is 5.58 Å². The zero-order chi connectivity index (χ0) is 18.4. The molecule has 1 aromatic heterocycles. The van der Waals surface area contributed by atoms with E-state index in [0.717, 1.165) is 41.7 Å². The second-order valence-corrected chi connectivity index (χ2v) is 7.68. The van der Waals surface area contributed by atoms with Crippen LogP contribution in [0.5, 0.6) is 0 Å². The number of benzene rings is 2. The van der Waals surface area contributed by atoms with Crippen molar-refractivity contribution in [3.63, 3.8) is 0 Å². The Bertz CT molecular complexity index is 1000. The Balaban J connectivity index is 1.44. The Morgan fingerprint density at radius 1 is 1.11 bits per heavy atom. The summed E-state index contributed by atoms with van der Waals surface area (Å²) in [6.07, 6.45) is 2.34. The van der Waals surface area contributed by atoms with Crippen LogP contribution < -0.4 is 11.1 Å². The maximum atomic E-state index is 12.8. The summed E-state index contributed by atoms with van der Waals surface area (Å²) in [5.41, 5.74) is 9.29. The molecule has 0 spiro atoms. The SMILES string of the molecule is Nc1cccc(-c2cccc3cc(C(=O)NC4CN5CCC4CC5)oc23)c1. The molecule has 3 N–H and O–H groups in total. The number of nitrogens with two attached hydrogens (primary N) is 1. The van der Waals surface area contributed by atoms with E-state index in [4.69, 9.17) is 10.2 Å². The van der Waals surface area contributed by atoms with Crippen molar-refractivity contribution in [3.05, 3.63) is 54.3 Å². The van der Waals surface area contributed by atoms with Crippen LogP contribution in [0, 0.1) is 5.92 Å². The lowest BCUT2D eigenvalue weighted by atomic mass is 9.84. The molecule has 0 saturated carbocycles. The number of furan rings is 1. The molecule has 2 bridgehead atoms. The van der Waals surface area contributed by atoms with Crippen LogP contribution in [0.15, 0.2) is 52.9 Å². The summed E-state index contributed by atoms with van der Waals surface area (Å²) in [5, 5.41) is 4.13. The van der Waals surface area contributed by atoms with Crippen molar-refractivity contribution in [2.75, 3.05) is 25.4 Å². The van der Waals surface area contributed by atoms with E-state index < -0.39 is 0 Å². The highest BCUT2D eigenvalue weighted by molar-refractivity contribution is 6.00. The predicted octanol–water partition coefficient (Wildman–Crippen LogP) is 3.51. The van der Waals surface area contributed by atoms with E-state index in [0.29, 0.717) is 17.4 Å². The van der Waals surface area contributed by atoms with Gasteiger partial charge in [0.25, 0.3) is 5.91 Å². The number of anilines is 1. The number of para-hydroxylation sites is 1. The van der Waals surface area contributed by atoms with Crippen LogP contribution in [0.25, 0.3) is 22.1 Å². The molecular formula is C22H23N3O2. The molecule has 1 atom stereocenters. The van der Waals surface area contributed by atoms with Gasteiger partial charge in [-0.1, -0.05) is 30.3 Å². The molecular weight excluding hydrogens is 338 g/mol. The first-order valence-corrected chi connectivity index (χ1v) is 9.59. The summed E-state index contributed by atoms with van der Waals surface area (Å²) in [7, 11) is 0. The van der Waals surface area contributed by atoms with Crippen LogP contribution in [-0.2, 0) is 0 Å². The number of hydrogen-bond acceptors (Lipinski definition) is 4. The highest BCUT2D eigenvalue weighted by Gasteiger charge is 2.35. The van der Waals surface area contributed by atoms with E-state index in [-0.39, 0.29) is 11.9 Å². The summed E-state index contributed by atoms with van der Waals surface area (Å²) in [5.74, 6) is 0.840. The standard InChI is InChI=1S/C22H23N3O2/c23-17-5-1-3-15(11-17)18-6-2-4-16-12-20(27-21(16)18)22(26)24-19-13-25-9-7-14(19)8-10-25/h1-6,11-12,14,19H,7-10,13,23H2,(H,24,26). The van der Waals surface area contributed by atoms with Crippen molar-refractivity contribution in [3.8, 4) is 11.1 Å². The second-order valence-electron chi connectivity index (χ2n) is 7.68. The number of amides is 1. The number of rotatable bonds is 3. The van der Waals surface area contributed by atoms with Crippen molar-refractivity contribution in [1.29, 1.82) is 0 Å². The minimum Gasteiger partial charge on any atom is -0.450 e. The van der Waals surface area contributed by atoms with E-state index in [1.54, 1.807) is 0 Å². The van der Waals surface area contributed by atoms with Gasteiger partial charge in [0.05, 0.1) is 0 Å². The van der Waals surface area contributed by atoms with Crippen molar-refractivity contribution in [1.82, 2.24) is 10.2 Å². The highest BCUT2D eigenvalue weighted by Crippen LogP contribution is 2.32. The van der Waals surface area contributed by atoms with Crippen molar-refractivity contribution in [2.24, 2.45) is 5.92 Å². The lowest BCUT2D eigenvalue weighted by Crippen LogP contribution is -2.57. The summed E-state index contributed by atoms with van der Waals surface area (Å²) in [6.45, 7) is 3.27. The molecule has 5 nitrogen and oxygen atoms in total. The molecule has 27 heavy (non-hydrogen) atoms. The van der Waals surface area contributed by atoms with Gasteiger partial charge in [-0.2, -0.15) is 0 Å². The monoisotopic (exact) mass is 361 g/mol. The Hall–Kier alpha value is -2.79. The number of fused-ring (bicyclic) bond motifs is 4. The van der Waals surface area contributed by atoms with Gasteiger partial charge in [-0.25, -0.2) is 0 Å². The maximum absolute atomic E-state index is 12.8. The van der Waals surface area contributed by atoms with Crippen molar-refractivity contribution < 1.29 is 9.21 Å². The summed E-state index contributed by atoms with van der Waals surface area (Å²) >= 11 is 0. The van der Waals surface area contributed by atoms with E-state index in [2.05, 4.69) is 10.2 Å². The number of carbonyl (C=O) groups is 1. The highest BCUT2D eigenvalue weighted by atomic mass is 16.3. The zero-order valence-corrected chi connectivity index (χ0v) is 15.2. The van der Waals surface area contributed by atoms with Gasteiger partial charge < -0.3 is 20.4 Å². The molecule has 0 aliphatic carbocycles. The van der Waals surface area contributed by atoms with Crippen LogP contribution in [0.3, 0.4) is 0 Å². The average Bonchev–Trinajstić information content (AvgIpc) is 3.13. The third-order valence-electron chi connectivity index (χ3n) is 5.94. The fourth-order valence-electron chi connectivity index (χ4n) is 4.48. The number of nitrogens with zero attached hydrogens (tertiary/aromatic N) is 1. The van der Waals surface area contributed by atoms with Crippen LogP contribution in [-0.4, -0.2) is 36.5 Å². The molecule has 1 amide bonds. The smallest absolute Gasteiger partial charge is 0.287 e. The van der Waals surface area contributed by atoms with Gasteiger partial charge in [0.2, 0.25) is 0 Å². The molecule has 6 rings (SSSR count). The third-order valence-corrected chi connectivity index (χ3v) is 5.94. The molecule has 3 fully saturated rings. The molecule has 3 aromatic rings.